The highest BCUT2D eigenvalue weighted by Gasteiger charge is 2.22. The van der Waals surface area contributed by atoms with E-state index >= 15 is 0 Å². The average molecular weight is 337 g/mol. The lowest BCUT2D eigenvalue weighted by atomic mass is 10.2. The summed E-state index contributed by atoms with van der Waals surface area (Å²) in [6.07, 6.45) is 1.13. The van der Waals surface area contributed by atoms with Crippen LogP contribution in [0.3, 0.4) is 0 Å². The van der Waals surface area contributed by atoms with Crippen molar-refractivity contribution in [2.75, 3.05) is 6.54 Å². The summed E-state index contributed by atoms with van der Waals surface area (Å²) in [5.41, 5.74) is 0.854. The van der Waals surface area contributed by atoms with Crippen molar-refractivity contribution in [3.05, 3.63) is 22.7 Å². The van der Waals surface area contributed by atoms with Crippen molar-refractivity contribution in [1.82, 2.24) is 15.1 Å². The molecule has 8 heteroatoms. The van der Waals surface area contributed by atoms with E-state index in [2.05, 4.69) is 10.2 Å². The van der Waals surface area contributed by atoms with Crippen LogP contribution >= 0.6 is 11.3 Å². The third-order valence-electron chi connectivity index (χ3n) is 3.54. The number of aromatic nitrogens is 2. The van der Waals surface area contributed by atoms with E-state index in [1.807, 2.05) is 30.7 Å². The van der Waals surface area contributed by atoms with Crippen molar-refractivity contribution < 1.29 is 19.1 Å². The predicted molar refractivity (Wildman–Crippen MR) is 85.0 cm³/mol. The van der Waals surface area contributed by atoms with Crippen LogP contribution in [0, 0.1) is 0 Å². The zero-order valence-corrected chi connectivity index (χ0v) is 13.9. The summed E-state index contributed by atoms with van der Waals surface area (Å²) in [4.78, 5) is 24.5. The van der Waals surface area contributed by atoms with Crippen molar-refractivity contribution in [3.63, 3.8) is 0 Å². The van der Waals surface area contributed by atoms with Crippen LogP contribution in [0.5, 0.6) is 0 Å². The van der Waals surface area contributed by atoms with Gasteiger partial charge < -0.3 is 14.4 Å². The molecule has 0 bridgehead atoms. The molecule has 0 radical (unpaired) electrons. The lowest BCUT2D eigenvalue weighted by Gasteiger charge is -2.26. The summed E-state index contributed by atoms with van der Waals surface area (Å²) in [5.74, 6) is -0.440. The molecule has 0 saturated heterocycles. The van der Waals surface area contributed by atoms with Gasteiger partial charge in [-0.3, -0.25) is 9.59 Å². The molecule has 7 nitrogen and oxygen atoms in total. The van der Waals surface area contributed by atoms with Crippen LogP contribution in [-0.4, -0.2) is 44.7 Å². The number of aliphatic carboxylic acids is 1. The second-order valence-electron chi connectivity index (χ2n) is 5.19. The van der Waals surface area contributed by atoms with E-state index in [1.165, 1.54) is 16.2 Å². The molecular weight excluding hydrogens is 318 g/mol. The fourth-order valence-electron chi connectivity index (χ4n) is 2.07. The highest BCUT2D eigenvalue weighted by atomic mass is 32.1. The van der Waals surface area contributed by atoms with E-state index in [0.29, 0.717) is 24.6 Å². The average Bonchev–Trinajstić information content (AvgIpc) is 3.19. The molecule has 2 rings (SSSR count). The Morgan fingerprint density at radius 3 is 2.83 bits per heavy atom. The number of carbonyl (C=O) groups is 2. The molecule has 2 heterocycles. The molecule has 0 saturated carbocycles. The predicted octanol–water partition coefficient (Wildman–Crippen LogP) is 2.44. The second kappa shape index (κ2) is 7.87. The number of hydrogen-bond donors (Lipinski definition) is 1. The molecule has 1 unspecified atom stereocenters. The number of nitrogens with zero attached hydrogens (tertiary/aromatic N) is 3. The molecular formula is C15H19N3O4S. The maximum absolute atomic E-state index is 12.3. The fourth-order valence-corrected chi connectivity index (χ4v) is 2.70. The first kappa shape index (κ1) is 17.1. The normalized spacial score (nSPS) is 12.1. The SMILES string of the molecule is CCC(C)N(CC(=O)O)C(=O)CCc1nnc(-c2ccsc2)o1. The molecule has 0 spiro atoms. The first-order chi connectivity index (χ1) is 11.0. The molecule has 0 aliphatic heterocycles. The minimum atomic E-state index is -1.02. The molecule has 0 aliphatic carbocycles. The van der Waals surface area contributed by atoms with E-state index < -0.39 is 5.97 Å². The van der Waals surface area contributed by atoms with Gasteiger partial charge in [-0.2, -0.15) is 11.3 Å². The van der Waals surface area contributed by atoms with Crippen LogP contribution in [0.2, 0.25) is 0 Å². The molecule has 0 aliphatic rings. The lowest BCUT2D eigenvalue weighted by Crippen LogP contribution is -2.41. The van der Waals surface area contributed by atoms with Crippen LogP contribution in [0.25, 0.3) is 11.5 Å². The zero-order chi connectivity index (χ0) is 16.8. The summed E-state index contributed by atoms with van der Waals surface area (Å²) in [6, 6.07) is 1.76. The molecule has 2 aromatic rings. The zero-order valence-electron chi connectivity index (χ0n) is 13.1. The molecule has 2 aromatic heterocycles. The molecule has 0 aromatic carbocycles. The number of carbonyl (C=O) groups excluding carboxylic acids is 1. The summed E-state index contributed by atoms with van der Waals surface area (Å²) < 4.78 is 5.52. The fraction of sp³-hybridized carbons (Fsp3) is 0.467. The van der Waals surface area contributed by atoms with Gasteiger partial charge in [-0.05, 0) is 24.8 Å². The Kier molecular flexibility index (Phi) is 5.86. The third-order valence-corrected chi connectivity index (χ3v) is 4.22. The summed E-state index contributed by atoms with van der Waals surface area (Å²) >= 11 is 1.53. The van der Waals surface area contributed by atoms with E-state index in [9.17, 15) is 9.59 Å². The number of thiophene rings is 1. The largest absolute Gasteiger partial charge is 0.480 e. The Labute approximate surface area is 137 Å². The molecule has 0 fully saturated rings. The van der Waals surface area contributed by atoms with Crippen LogP contribution in [-0.2, 0) is 16.0 Å². The summed E-state index contributed by atoms with van der Waals surface area (Å²) in [5, 5.41) is 20.6. The molecule has 124 valence electrons. The number of carboxylic acid groups (broad SMARTS) is 1. The van der Waals surface area contributed by atoms with Gasteiger partial charge in [0.2, 0.25) is 17.7 Å². The van der Waals surface area contributed by atoms with Crippen LogP contribution < -0.4 is 0 Å². The maximum atomic E-state index is 12.3. The van der Waals surface area contributed by atoms with E-state index in [-0.39, 0.29) is 24.9 Å². The minimum Gasteiger partial charge on any atom is -0.480 e. The van der Waals surface area contributed by atoms with Gasteiger partial charge in [-0.15, -0.1) is 10.2 Å². The number of amides is 1. The smallest absolute Gasteiger partial charge is 0.323 e. The highest BCUT2D eigenvalue weighted by Crippen LogP contribution is 2.21. The Hall–Kier alpha value is -2.22. The Balaban J connectivity index is 1.96. The molecule has 1 amide bonds. The van der Waals surface area contributed by atoms with Crippen LogP contribution in [0.4, 0.5) is 0 Å². The van der Waals surface area contributed by atoms with Gasteiger partial charge in [0.15, 0.2) is 0 Å². The number of aryl methyl sites for hydroxylation is 1. The second-order valence-corrected chi connectivity index (χ2v) is 5.97. The summed E-state index contributed by atoms with van der Waals surface area (Å²) in [7, 11) is 0. The van der Waals surface area contributed by atoms with Gasteiger partial charge in [0.05, 0.1) is 0 Å². The van der Waals surface area contributed by atoms with Gasteiger partial charge in [0.25, 0.3) is 0 Å². The van der Waals surface area contributed by atoms with Gasteiger partial charge in [0.1, 0.15) is 6.54 Å². The van der Waals surface area contributed by atoms with Crippen LogP contribution in [0.15, 0.2) is 21.2 Å². The van der Waals surface area contributed by atoms with Crippen molar-refractivity contribution in [1.29, 1.82) is 0 Å². The van der Waals surface area contributed by atoms with Gasteiger partial charge in [-0.1, -0.05) is 6.92 Å². The standard InChI is InChI=1S/C15H19N3O4S/c1-3-10(2)18(8-14(20)21)13(19)5-4-12-16-17-15(22-12)11-6-7-23-9-11/h6-7,9-10H,3-5,8H2,1-2H3,(H,20,21). The van der Waals surface area contributed by atoms with E-state index in [1.54, 1.807) is 0 Å². The molecule has 1 atom stereocenters. The highest BCUT2D eigenvalue weighted by molar-refractivity contribution is 7.08. The first-order valence-electron chi connectivity index (χ1n) is 7.37. The van der Waals surface area contributed by atoms with Crippen molar-refractivity contribution in [2.45, 2.75) is 39.2 Å². The van der Waals surface area contributed by atoms with Gasteiger partial charge in [-0.25, -0.2) is 0 Å². The monoisotopic (exact) mass is 337 g/mol. The maximum Gasteiger partial charge on any atom is 0.323 e. The van der Waals surface area contributed by atoms with E-state index in [4.69, 9.17) is 9.52 Å². The first-order valence-corrected chi connectivity index (χ1v) is 8.31. The quantitative estimate of drug-likeness (QED) is 0.795. The van der Waals surface area contributed by atoms with Crippen molar-refractivity contribution >= 4 is 23.2 Å². The number of rotatable bonds is 8. The Bertz CT molecular complexity index is 653. The number of hydrogen-bond acceptors (Lipinski definition) is 6. The summed E-state index contributed by atoms with van der Waals surface area (Å²) in [6.45, 7) is 3.46. The molecule has 1 N–H and O–H groups in total. The number of carboxylic acids is 1. The third kappa shape index (κ3) is 4.62. The Morgan fingerprint density at radius 2 is 2.22 bits per heavy atom. The lowest BCUT2D eigenvalue weighted by molar-refractivity contribution is -0.146. The van der Waals surface area contributed by atoms with Gasteiger partial charge >= 0.3 is 5.97 Å². The van der Waals surface area contributed by atoms with Gasteiger partial charge in [0, 0.05) is 29.8 Å². The minimum absolute atomic E-state index is 0.123. The Morgan fingerprint density at radius 1 is 1.43 bits per heavy atom. The van der Waals surface area contributed by atoms with Crippen LogP contribution in [0.1, 0.15) is 32.6 Å². The topological polar surface area (TPSA) is 96.5 Å². The van der Waals surface area contributed by atoms with Crippen molar-refractivity contribution in [3.8, 4) is 11.5 Å². The van der Waals surface area contributed by atoms with E-state index in [0.717, 1.165) is 5.56 Å². The molecule has 23 heavy (non-hydrogen) atoms. The van der Waals surface area contributed by atoms with Crippen molar-refractivity contribution in [2.24, 2.45) is 0 Å².